The fraction of sp³-hybridized carbons (Fsp3) is 0.353. The fourth-order valence-electron chi connectivity index (χ4n) is 2.28. The van der Waals surface area contributed by atoms with E-state index in [4.69, 9.17) is 4.42 Å². The van der Waals surface area contributed by atoms with Crippen LogP contribution in [0.3, 0.4) is 0 Å². The first-order chi connectivity index (χ1) is 11.7. The Hall–Kier alpha value is -2.32. The number of hydrogen-bond donors (Lipinski definition) is 1. The highest BCUT2D eigenvalue weighted by Crippen LogP contribution is 2.27. The zero-order chi connectivity index (χ0) is 18.6. The van der Waals surface area contributed by atoms with Crippen LogP contribution >= 0.6 is 0 Å². The molecule has 0 aliphatic heterocycles. The molecule has 136 valence electrons. The highest BCUT2D eigenvalue weighted by atomic mass is 32.2. The quantitative estimate of drug-likeness (QED) is 0.805. The van der Waals surface area contributed by atoms with Gasteiger partial charge < -0.3 is 14.6 Å². The third kappa shape index (κ3) is 4.40. The Morgan fingerprint density at radius 3 is 2.44 bits per heavy atom. The van der Waals surface area contributed by atoms with Crippen molar-refractivity contribution in [1.29, 1.82) is 0 Å². The van der Waals surface area contributed by atoms with Crippen molar-refractivity contribution in [1.82, 2.24) is 9.62 Å². The van der Waals surface area contributed by atoms with E-state index < -0.39 is 10.0 Å². The van der Waals surface area contributed by atoms with E-state index in [2.05, 4.69) is 5.32 Å². The zero-order valence-electron chi connectivity index (χ0n) is 14.8. The SMILES string of the molecule is CN(C)c1ccc(C(=O)NCCc2ccco2)cc1S(=O)(=O)N(C)C. The standard InChI is InChI=1S/C17H23N3O4S/c1-19(2)15-8-7-13(12-16(15)25(22,23)20(3)4)17(21)18-10-9-14-6-5-11-24-14/h5-8,11-12H,9-10H2,1-4H3,(H,18,21). The average Bonchev–Trinajstić information content (AvgIpc) is 3.07. The topological polar surface area (TPSA) is 82.9 Å². The van der Waals surface area contributed by atoms with Crippen molar-refractivity contribution in [2.75, 3.05) is 39.6 Å². The van der Waals surface area contributed by atoms with Gasteiger partial charge in [-0.05, 0) is 30.3 Å². The van der Waals surface area contributed by atoms with Gasteiger partial charge in [0, 0.05) is 46.7 Å². The first-order valence-electron chi connectivity index (χ1n) is 7.78. The number of carbonyl (C=O) groups excluding carboxylic acids is 1. The van der Waals surface area contributed by atoms with E-state index in [0.29, 0.717) is 24.2 Å². The molecular weight excluding hydrogens is 342 g/mol. The molecule has 0 bridgehead atoms. The molecule has 0 aliphatic rings. The number of rotatable bonds is 7. The highest BCUT2D eigenvalue weighted by Gasteiger charge is 2.24. The van der Waals surface area contributed by atoms with Gasteiger partial charge in [0.2, 0.25) is 10.0 Å². The van der Waals surface area contributed by atoms with Crippen LogP contribution in [0.1, 0.15) is 16.1 Å². The van der Waals surface area contributed by atoms with Crippen LogP contribution in [0.2, 0.25) is 0 Å². The van der Waals surface area contributed by atoms with E-state index >= 15 is 0 Å². The second-order valence-electron chi connectivity index (χ2n) is 5.95. The Bertz CT molecular complexity index is 828. The third-order valence-electron chi connectivity index (χ3n) is 3.70. The van der Waals surface area contributed by atoms with Crippen LogP contribution in [-0.2, 0) is 16.4 Å². The molecule has 1 aromatic carbocycles. The van der Waals surface area contributed by atoms with E-state index in [1.807, 2.05) is 6.07 Å². The average molecular weight is 365 g/mol. The molecular formula is C17H23N3O4S. The first kappa shape index (κ1) is 19.0. The minimum absolute atomic E-state index is 0.0983. The van der Waals surface area contributed by atoms with Gasteiger partial charge in [-0.3, -0.25) is 4.79 Å². The molecule has 1 amide bonds. The van der Waals surface area contributed by atoms with E-state index in [0.717, 1.165) is 10.1 Å². The van der Waals surface area contributed by atoms with Crippen molar-refractivity contribution in [3.8, 4) is 0 Å². The molecule has 0 saturated carbocycles. The number of anilines is 1. The minimum atomic E-state index is -3.67. The van der Waals surface area contributed by atoms with E-state index in [1.165, 1.54) is 20.2 Å². The monoisotopic (exact) mass is 365 g/mol. The third-order valence-corrected chi connectivity index (χ3v) is 5.54. The summed E-state index contributed by atoms with van der Waals surface area (Å²) in [5.41, 5.74) is 0.825. The highest BCUT2D eigenvalue weighted by molar-refractivity contribution is 7.89. The summed E-state index contributed by atoms with van der Waals surface area (Å²) in [7, 11) is 2.77. The molecule has 0 fully saturated rings. The number of nitrogens with zero attached hydrogens (tertiary/aromatic N) is 2. The number of carbonyl (C=O) groups is 1. The summed E-state index contributed by atoms with van der Waals surface area (Å²) in [6, 6.07) is 8.28. The lowest BCUT2D eigenvalue weighted by Gasteiger charge is -2.20. The lowest BCUT2D eigenvalue weighted by Crippen LogP contribution is -2.28. The van der Waals surface area contributed by atoms with Crippen molar-refractivity contribution < 1.29 is 17.6 Å². The second-order valence-corrected chi connectivity index (χ2v) is 8.07. The fourth-order valence-corrected chi connectivity index (χ4v) is 3.47. The Balaban J connectivity index is 2.22. The molecule has 1 aromatic heterocycles. The smallest absolute Gasteiger partial charge is 0.251 e. The van der Waals surface area contributed by atoms with Gasteiger partial charge in [0.1, 0.15) is 10.7 Å². The second kappa shape index (κ2) is 7.71. The number of benzene rings is 1. The zero-order valence-corrected chi connectivity index (χ0v) is 15.6. The van der Waals surface area contributed by atoms with Crippen LogP contribution < -0.4 is 10.2 Å². The molecule has 0 radical (unpaired) electrons. The summed E-state index contributed by atoms with van der Waals surface area (Å²) in [4.78, 5) is 14.1. The number of amides is 1. The number of sulfonamides is 1. The van der Waals surface area contributed by atoms with Crippen LogP contribution in [0, 0.1) is 0 Å². The molecule has 0 saturated heterocycles. The summed E-state index contributed by atoms with van der Waals surface area (Å²) in [6.45, 7) is 0.400. The maximum atomic E-state index is 12.6. The molecule has 0 atom stereocenters. The van der Waals surface area contributed by atoms with Crippen molar-refractivity contribution in [3.63, 3.8) is 0 Å². The van der Waals surface area contributed by atoms with Gasteiger partial charge in [-0.1, -0.05) is 0 Å². The van der Waals surface area contributed by atoms with Gasteiger partial charge in [0.05, 0.1) is 12.0 Å². The molecule has 8 heteroatoms. The summed E-state index contributed by atoms with van der Waals surface area (Å²) in [6.07, 6.45) is 2.15. The molecule has 2 rings (SSSR count). The molecule has 7 nitrogen and oxygen atoms in total. The van der Waals surface area contributed by atoms with Crippen LogP contribution in [-0.4, -0.2) is 53.4 Å². The number of nitrogens with one attached hydrogen (secondary N) is 1. The minimum Gasteiger partial charge on any atom is -0.469 e. The molecule has 25 heavy (non-hydrogen) atoms. The summed E-state index contributed by atoms with van der Waals surface area (Å²) < 4.78 is 31.5. The summed E-state index contributed by atoms with van der Waals surface area (Å²) >= 11 is 0. The largest absolute Gasteiger partial charge is 0.469 e. The Kier molecular flexibility index (Phi) is 5.86. The van der Waals surface area contributed by atoms with Gasteiger partial charge in [0.25, 0.3) is 5.91 Å². The molecule has 1 N–H and O–H groups in total. The van der Waals surface area contributed by atoms with Crippen LogP contribution in [0.5, 0.6) is 0 Å². The van der Waals surface area contributed by atoms with E-state index in [9.17, 15) is 13.2 Å². The maximum absolute atomic E-state index is 12.6. The Labute approximate surface area is 148 Å². The Morgan fingerprint density at radius 1 is 1.16 bits per heavy atom. The molecule has 0 unspecified atom stereocenters. The maximum Gasteiger partial charge on any atom is 0.251 e. The molecule has 0 aliphatic carbocycles. The van der Waals surface area contributed by atoms with Crippen molar-refractivity contribution >= 4 is 21.6 Å². The summed E-state index contributed by atoms with van der Waals surface area (Å²) in [5, 5.41) is 2.77. The van der Waals surface area contributed by atoms with Gasteiger partial charge >= 0.3 is 0 Å². The lowest BCUT2D eigenvalue weighted by atomic mass is 10.2. The summed E-state index contributed by atoms with van der Waals surface area (Å²) in [5.74, 6) is 0.450. The molecule has 2 aromatic rings. The van der Waals surface area contributed by atoms with Crippen molar-refractivity contribution in [3.05, 3.63) is 47.9 Å². The predicted octanol–water partition coefficient (Wildman–Crippen LogP) is 1.57. The van der Waals surface area contributed by atoms with Crippen LogP contribution in [0.4, 0.5) is 5.69 Å². The molecule has 0 spiro atoms. The van der Waals surface area contributed by atoms with Crippen molar-refractivity contribution in [2.45, 2.75) is 11.3 Å². The molecule has 1 heterocycles. The van der Waals surface area contributed by atoms with Gasteiger partial charge in [-0.25, -0.2) is 12.7 Å². The van der Waals surface area contributed by atoms with E-state index in [1.54, 1.807) is 43.5 Å². The van der Waals surface area contributed by atoms with Gasteiger partial charge in [-0.15, -0.1) is 0 Å². The number of hydrogen-bond acceptors (Lipinski definition) is 5. The lowest BCUT2D eigenvalue weighted by molar-refractivity contribution is 0.0953. The van der Waals surface area contributed by atoms with Gasteiger partial charge in [0.15, 0.2) is 0 Å². The van der Waals surface area contributed by atoms with E-state index in [-0.39, 0.29) is 10.8 Å². The number of furan rings is 1. The predicted molar refractivity (Wildman–Crippen MR) is 96.4 cm³/mol. The van der Waals surface area contributed by atoms with Crippen LogP contribution in [0.15, 0.2) is 45.9 Å². The van der Waals surface area contributed by atoms with Crippen LogP contribution in [0.25, 0.3) is 0 Å². The van der Waals surface area contributed by atoms with Gasteiger partial charge in [-0.2, -0.15) is 0 Å². The first-order valence-corrected chi connectivity index (χ1v) is 9.22. The normalized spacial score (nSPS) is 11.6. The Morgan fingerprint density at radius 2 is 1.88 bits per heavy atom. The van der Waals surface area contributed by atoms with Crippen molar-refractivity contribution in [2.24, 2.45) is 0 Å².